The van der Waals surface area contributed by atoms with Crippen molar-refractivity contribution < 1.29 is 18.6 Å². The Hall–Kier alpha value is -4.48. The van der Waals surface area contributed by atoms with Crippen LogP contribution in [0.25, 0.3) is 0 Å². The van der Waals surface area contributed by atoms with Gasteiger partial charge in [0.15, 0.2) is 11.6 Å². The van der Waals surface area contributed by atoms with Crippen LogP contribution in [0.2, 0.25) is 0 Å². The number of aryl methyl sites for hydroxylation is 2. The van der Waals surface area contributed by atoms with E-state index in [4.69, 9.17) is 9.05 Å². The first-order valence-electron chi connectivity index (χ1n) is 12.5. The van der Waals surface area contributed by atoms with Crippen LogP contribution in [0.4, 0.5) is 11.6 Å². The van der Waals surface area contributed by atoms with Gasteiger partial charge in [0, 0.05) is 23.0 Å². The highest BCUT2D eigenvalue weighted by Gasteiger charge is 2.27. The van der Waals surface area contributed by atoms with Crippen LogP contribution in [0.5, 0.6) is 0 Å². The van der Waals surface area contributed by atoms with Crippen molar-refractivity contribution >= 4 is 23.5 Å². The zero-order valence-electron chi connectivity index (χ0n) is 21.2. The molecule has 0 bridgehead atoms. The molecule has 0 unspecified atom stereocenters. The number of amides is 2. The Morgan fingerprint density at radius 3 is 1.61 bits per heavy atom. The van der Waals surface area contributed by atoms with E-state index >= 15 is 0 Å². The summed E-state index contributed by atoms with van der Waals surface area (Å²) in [7, 11) is 0. The number of nitrogens with one attached hydrogen (secondary N) is 2. The van der Waals surface area contributed by atoms with Crippen LogP contribution in [0.1, 0.15) is 71.4 Å². The topological polar surface area (TPSA) is 162 Å². The maximum atomic E-state index is 12.3. The van der Waals surface area contributed by atoms with Gasteiger partial charge in [0.05, 0.1) is 35.6 Å². The lowest BCUT2D eigenvalue weighted by Crippen LogP contribution is -2.18. The van der Waals surface area contributed by atoms with Crippen LogP contribution in [0, 0.1) is 13.8 Å². The summed E-state index contributed by atoms with van der Waals surface area (Å²) in [4.78, 5) is 24.6. The minimum Gasteiger partial charge on any atom is -0.364 e. The average Bonchev–Trinajstić information content (AvgIpc) is 3.52. The molecule has 0 spiro atoms. The standard InChI is InChI=1S/C26H28N8O4/c1-15-19(13-37-33-15)11-25(35)27-23-8-6-21(29-31-23)17-4-3-5-18(10-17)22-7-9-24(32-30-22)28-26(36)12-20-14-38-34-16(20)2/h6-9,13-14,17-18H,3-5,10-12H2,1-2H3,(H,27,31,35)(H,28,32,36)/t17-,18-/m1/s1. The second-order valence-corrected chi connectivity index (χ2v) is 9.55. The van der Waals surface area contributed by atoms with Gasteiger partial charge in [-0.25, -0.2) is 0 Å². The summed E-state index contributed by atoms with van der Waals surface area (Å²) >= 11 is 0. The fourth-order valence-corrected chi connectivity index (χ4v) is 4.67. The molecule has 4 aromatic heterocycles. The van der Waals surface area contributed by atoms with E-state index in [1.807, 2.05) is 12.1 Å². The lowest BCUT2D eigenvalue weighted by atomic mass is 9.78. The van der Waals surface area contributed by atoms with Crippen LogP contribution >= 0.6 is 0 Å². The van der Waals surface area contributed by atoms with Crippen molar-refractivity contribution in [3.63, 3.8) is 0 Å². The molecule has 12 nitrogen and oxygen atoms in total. The van der Waals surface area contributed by atoms with E-state index in [1.165, 1.54) is 12.5 Å². The number of nitrogens with zero attached hydrogens (tertiary/aromatic N) is 6. The summed E-state index contributed by atoms with van der Waals surface area (Å²) in [5, 5.41) is 30.3. The first kappa shape index (κ1) is 25.2. The molecule has 0 saturated heterocycles. The number of aromatic nitrogens is 6. The number of anilines is 2. The number of hydrogen-bond acceptors (Lipinski definition) is 10. The molecule has 1 aliphatic carbocycles. The number of carbonyl (C=O) groups excluding carboxylic acids is 2. The summed E-state index contributed by atoms with van der Waals surface area (Å²) < 4.78 is 9.75. The Kier molecular flexibility index (Phi) is 7.47. The van der Waals surface area contributed by atoms with Gasteiger partial charge in [-0.15, -0.1) is 10.2 Å². The van der Waals surface area contributed by atoms with Gasteiger partial charge in [-0.1, -0.05) is 16.7 Å². The largest absolute Gasteiger partial charge is 0.364 e. The molecule has 2 N–H and O–H groups in total. The molecule has 1 fully saturated rings. The fourth-order valence-electron chi connectivity index (χ4n) is 4.67. The van der Waals surface area contributed by atoms with Crippen molar-refractivity contribution in [2.45, 2.75) is 64.2 Å². The van der Waals surface area contributed by atoms with Crippen LogP contribution in [0.3, 0.4) is 0 Å². The molecule has 0 aliphatic heterocycles. The number of rotatable bonds is 8. The summed E-state index contributed by atoms with van der Waals surface area (Å²) in [6.07, 6.45) is 7.19. The normalized spacial score (nSPS) is 17.2. The van der Waals surface area contributed by atoms with Crippen LogP contribution < -0.4 is 10.6 Å². The zero-order chi connectivity index (χ0) is 26.5. The summed E-state index contributed by atoms with van der Waals surface area (Å²) in [6.45, 7) is 3.58. The van der Waals surface area contributed by atoms with E-state index in [0.29, 0.717) is 23.0 Å². The summed E-state index contributed by atoms with van der Waals surface area (Å²) in [6, 6.07) is 7.40. The second-order valence-electron chi connectivity index (χ2n) is 9.55. The zero-order valence-corrected chi connectivity index (χ0v) is 21.2. The van der Waals surface area contributed by atoms with Crippen molar-refractivity contribution in [2.75, 3.05) is 10.6 Å². The van der Waals surface area contributed by atoms with Crippen molar-refractivity contribution in [3.8, 4) is 0 Å². The maximum absolute atomic E-state index is 12.3. The second kappa shape index (κ2) is 11.3. The predicted octanol–water partition coefficient (Wildman–Crippen LogP) is 3.66. The third kappa shape index (κ3) is 6.07. The molecule has 12 heteroatoms. The van der Waals surface area contributed by atoms with Crippen LogP contribution in [0.15, 0.2) is 45.8 Å². The monoisotopic (exact) mass is 516 g/mol. The smallest absolute Gasteiger partial charge is 0.230 e. The van der Waals surface area contributed by atoms with E-state index in [1.54, 1.807) is 26.0 Å². The van der Waals surface area contributed by atoms with Gasteiger partial charge < -0.3 is 19.7 Å². The molecule has 4 heterocycles. The van der Waals surface area contributed by atoms with Gasteiger partial charge in [0.2, 0.25) is 11.8 Å². The number of carbonyl (C=O) groups is 2. The molecule has 2 atom stereocenters. The Morgan fingerprint density at radius 2 is 1.24 bits per heavy atom. The fraction of sp³-hybridized carbons (Fsp3) is 0.385. The first-order valence-corrected chi connectivity index (χ1v) is 12.5. The predicted molar refractivity (Wildman–Crippen MR) is 135 cm³/mol. The van der Waals surface area contributed by atoms with E-state index in [9.17, 15) is 9.59 Å². The van der Waals surface area contributed by atoms with Gasteiger partial charge in [0.25, 0.3) is 0 Å². The Balaban J connectivity index is 1.15. The first-order chi connectivity index (χ1) is 18.4. The van der Waals surface area contributed by atoms with Crippen LogP contribution in [-0.2, 0) is 22.4 Å². The van der Waals surface area contributed by atoms with Crippen LogP contribution in [-0.4, -0.2) is 42.5 Å². The minimum atomic E-state index is -0.206. The molecule has 0 aromatic carbocycles. The molecule has 4 aromatic rings. The van der Waals surface area contributed by atoms with E-state index < -0.39 is 0 Å². The Labute approximate surface area is 218 Å². The Morgan fingerprint density at radius 1 is 0.763 bits per heavy atom. The van der Waals surface area contributed by atoms with Crippen molar-refractivity contribution in [1.29, 1.82) is 0 Å². The average molecular weight is 517 g/mol. The Bertz CT molecular complexity index is 1290. The molecular formula is C26H28N8O4. The van der Waals surface area contributed by atoms with Crippen molar-refractivity contribution in [2.24, 2.45) is 0 Å². The molecule has 38 heavy (non-hydrogen) atoms. The van der Waals surface area contributed by atoms with Crippen molar-refractivity contribution in [1.82, 2.24) is 30.7 Å². The quantitative estimate of drug-likeness (QED) is 0.353. The molecule has 2 amide bonds. The van der Waals surface area contributed by atoms with Gasteiger partial charge in [-0.05, 0) is 57.4 Å². The maximum Gasteiger partial charge on any atom is 0.230 e. The minimum absolute atomic E-state index is 0.161. The van der Waals surface area contributed by atoms with E-state index in [0.717, 1.165) is 48.2 Å². The molecule has 5 rings (SSSR count). The third-order valence-electron chi connectivity index (χ3n) is 6.82. The SMILES string of the molecule is Cc1nocc1CC(=O)Nc1ccc([C@@H]2CCC[C@@H](c3ccc(NC(=O)Cc4conc4C)nn3)C2)nn1. The molecule has 196 valence electrons. The van der Waals surface area contributed by atoms with E-state index in [-0.39, 0.29) is 36.5 Å². The molecule has 1 aliphatic rings. The van der Waals surface area contributed by atoms with Gasteiger partial charge in [-0.2, -0.15) is 10.2 Å². The van der Waals surface area contributed by atoms with Gasteiger partial charge >= 0.3 is 0 Å². The third-order valence-corrected chi connectivity index (χ3v) is 6.82. The highest BCUT2D eigenvalue weighted by atomic mass is 16.5. The highest BCUT2D eigenvalue weighted by Crippen LogP contribution is 2.40. The number of hydrogen-bond donors (Lipinski definition) is 2. The summed E-state index contributed by atoms with van der Waals surface area (Å²) in [5.74, 6) is 0.869. The lowest BCUT2D eigenvalue weighted by molar-refractivity contribution is -0.116. The lowest BCUT2D eigenvalue weighted by Gasteiger charge is -2.28. The molecule has 1 saturated carbocycles. The highest BCUT2D eigenvalue weighted by molar-refractivity contribution is 5.91. The van der Waals surface area contributed by atoms with E-state index in [2.05, 4.69) is 41.3 Å². The molecular weight excluding hydrogens is 488 g/mol. The van der Waals surface area contributed by atoms with Crippen molar-refractivity contribution in [3.05, 3.63) is 70.7 Å². The van der Waals surface area contributed by atoms with Gasteiger partial charge in [0.1, 0.15) is 12.5 Å². The summed E-state index contributed by atoms with van der Waals surface area (Å²) in [5.41, 5.74) is 4.64. The van der Waals surface area contributed by atoms with Gasteiger partial charge in [-0.3, -0.25) is 9.59 Å². The molecule has 0 radical (unpaired) electrons.